The molecule has 0 fully saturated rings. The van der Waals surface area contributed by atoms with E-state index in [9.17, 15) is 0 Å². The van der Waals surface area contributed by atoms with Crippen molar-refractivity contribution < 1.29 is 9.47 Å². The lowest BCUT2D eigenvalue weighted by atomic mass is 10.0. The molecule has 0 spiro atoms. The first kappa shape index (κ1) is 12.5. The lowest BCUT2D eigenvalue weighted by Gasteiger charge is -2.08. The van der Waals surface area contributed by atoms with Crippen molar-refractivity contribution in [2.24, 2.45) is 0 Å². The number of aromatic nitrogens is 1. The topological polar surface area (TPSA) is 31.4 Å². The van der Waals surface area contributed by atoms with Gasteiger partial charge in [-0.2, -0.15) is 0 Å². The Kier molecular flexibility index (Phi) is 3.25. The van der Waals surface area contributed by atoms with E-state index in [-0.39, 0.29) is 0 Å². The van der Waals surface area contributed by atoms with Gasteiger partial charge in [0.2, 0.25) is 0 Å². The largest absolute Gasteiger partial charge is 0.497 e. The van der Waals surface area contributed by atoms with Crippen LogP contribution in [0.5, 0.6) is 11.5 Å². The third kappa shape index (κ3) is 2.18. The number of methoxy groups -OCH3 is 2. The normalized spacial score (nSPS) is 10.5. The number of nitrogens with zero attached hydrogens (tertiary/aromatic N) is 1. The fourth-order valence-electron chi connectivity index (χ4n) is 2.27. The molecule has 2 aromatic carbocycles. The molecule has 1 heterocycles. The summed E-state index contributed by atoms with van der Waals surface area (Å²) in [6, 6.07) is 15.9. The Morgan fingerprint density at radius 1 is 0.800 bits per heavy atom. The van der Waals surface area contributed by atoms with Crippen LogP contribution in [-0.4, -0.2) is 19.2 Å². The molecule has 1 aromatic heterocycles. The van der Waals surface area contributed by atoms with Crippen molar-refractivity contribution in [3.05, 3.63) is 54.7 Å². The van der Waals surface area contributed by atoms with Crippen LogP contribution in [0.2, 0.25) is 0 Å². The molecule has 20 heavy (non-hydrogen) atoms. The quantitative estimate of drug-likeness (QED) is 0.719. The second kappa shape index (κ2) is 5.21. The maximum Gasteiger partial charge on any atom is 0.119 e. The van der Waals surface area contributed by atoms with Crippen molar-refractivity contribution in [2.75, 3.05) is 14.2 Å². The van der Waals surface area contributed by atoms with E-state index in [1.165, 1.54) is 0 Å². The van der Waals surface area contributed by atoms with E-state index in [0.717, 1.165) is 33.5 Å². The third-order valence-electron chi connectivity index (χ3n) is 3.35. The maximum atomic E-state index is 5.30. The van der Waals surface area contributed by atoms with Crippen LogP contribution in [0.4, 0.5) is 0 Å². The molecule has 0 saturated heterocycles. The van der Waals surface area contributed by atoms with Crippen LogP contribution < -0.4 is 9.47 Å². The van der Waals surface area contributed by atoms with E-state index < -0.39 is 0 Å². The van der Waals surface area contributed by atoms with Gasteiger partial charge in [-0.25, -0.2) is 0 Å². The van der Waals surface area contributed by atoms with Gasteiger partial charge in [-0.05, 0) is 47.5 Å². The second-order valence-electron chi connectivity index (χ2n) is 4.47. The molecule has 3 heteroatoms. The van der Waals surface area contributed by atoms with Gasteiger partial charge in [0.1, 0.15) is 11.5 Å². The lowest BCUT2D eigenvalue weighted by molar-refractivity contribution is 0.415. The molecule has 0 aliphatic carbocycles. The monoisotopic (exact) mass is 265 g/mol. The van der Waals surface area contributed by atoms with E-state index in [4.69, 9.17) is 9.47 Å². The number of hydrogen-bond acceptors (Lipinski definition) is 3. The summed E-state index contributed by atoms with van der Waals surface area (Å²) < 4.78 is 10.5. The van der Waals surface area contributed by atoms with E-state index in [1.54, 1.807) is 14.2 Å². The highest BCUT2D eigenvalue weighted by Crippen LogP contribution is 2.30. The number of ether oxygens (including phenoxy) is 2. The molecule has 0 radical (unpaired) electrons. The standard InChI is InChI=1S/C17H15NO2/c1-19-13-5-3-12(4-6-13)15-9-10-18-17-8-7-14(20-2)11-16(15)17/h3-11H,1-2H3. The van der Waals surface area contributed by atoms with Crippen LogP contribution in [0, 0.1) is 0 Å². The zero-order chi connectivity index (χ0) is 13.9. The predicted octanol–water partition coefficient (Wildman–Crippen LogP) is 3.92. The van der Waals surface area contributed by atoms with Crippen molar-refractivity contribution in [3.8, 4) is 22.6 Å². The average Bonchev–Trinajstić information content (AvgIpc) is 2.54. The Hall–Kier alpha value is -2.55. The highest BCUT2D eigenvalue weighted by atomic mass is 16.5. The van der Waals surface area contributed by atoms with Crippen molar-refractivity contribution >= 4 is 10.9 Å². The Morgan fingerprint density at radius 3 is 2.20 bits per heavy atom. The lowest BCUT2D eigenvalue weighted by Crippen LogP contribution is -1.88. The molecule has 0 unspecified atom stereocenters. The SMILES string of the molecule is COc1ccc(-c2ccnc3ccc(OC)cc23)cc1. The molecule has 0 atom stereocenters. The minimum absolute atomic E-state index is 0.834. The first-order valence-corrected chi connectivity index (χ1v) is 6.39. The Morgan fingerprint density at radius 2 is 1.50 bits per heavy atom. The fraction of sp³-hybridized carbons (Fsp3) is 0.118. The van der Waals surface area contributed by atoms with Gasteiger partial charge in [0, 0.05) is 11.6 Å². The molecule has 3 rings (SSSR count). The van der Waals surface area contributed by atoms with Crippen LogP contribution >= 0.6 is 0 Å². The van der Waals surface area contributed by atoms with Crippen LogP contribution in [0.15, 0.2) is 54.7 Å². The zero-order valence-corrected chi connectivity index (χ0v) is 11.5. The van der Waals surface area contributed by atoms with Gasteiger partial charge in [0.25, 0.3) is 0 Å². The van der Waals surface area contributed by atoms with E-state index in [2.05, 4.69) is 4.98 Å². The summed E-state index contributed by atoms with van der Waals surface area (Å²) in [7, 11) is 3.34. The summed E-state index contributed by atoms with van der Waals surface area (Å²) in [5.74, 6) is 1.69. The van der Waals surface area contributed by atoms with E-state index >= 15 is 0 Å². The highest BCUT2D eigenvalue weighted by molar-refractivity contribution is 5.95. The highest BCUT2D eigenvalue weighted by Gasteiger charge is 2.06. The summed E-state index contributed by atoms with van der Waals surface area (Å²) in [4.78, 5) is 4.40. The molecule has 0 amide bonds. The Bertz CT molecular complexity index is 736. The zero-order valence-electron chi connectivity index (χ0n) is 11.5. The molecule has 3 nitrogen and oxygen atoms in total. The van der Waals surface area contributed by atoms with Crippen LogP contribution in [0.25, 0.3) is 22.0 Å². The first-order chi connectivity index (χ1) is 9.81. The minimum Gasteiger partial charge on any atom is -0.497 e. The maximum absolute atomic E-state index is 5.30. The Labute approximate surface area is 117 Å². The van der Waals surface area contributed by atoms with Crippen LogP contribution in [0.1, 0.15) is 0 Å². The summed E-state index contributed by atoms with van der Waals surface area (Å²) >= 11 is 0. The number of pyridine rings is 1. The first-order valence-electron chi connectivity index (χ1n) is 6.39. The van der Waals surface area contributed by atoms with Crippen molar-refractivity contribution in [1.29, 1.82) is 0 Å². The number of rotatable bonds is 3. The molecule has 0 bridgehead atoms. The van der Waals surface area contributed by atoms with Gasteiger partial charge in [-0.3, -0.25) is 4.98 Å². The summed E-state index contributed by atoms with van der Waals surface area (Å²) in [5, 5.41) is 1.08. The van der Waals surface area contributed by atoms with Gasteiger partial charge in [-0.15, -0.1) is 0 Å². The van der Waals surface area contributed by atoms with Gasteiger partial charge < -0.3 is 9.47 Å². The predicted molar refractivity (Wildman–Crippen MR) is 80.3 cm³/mol. The van der Waals surface area contributed by atoms with Gasteiger partial charge in [0.15, 0.2) is 0 Å². The minimum atomic E-state index is 0.834. The fourth-order valence-corrected chi connectivity index (χ4v) is 2.27. The second-order valence-corrected chi connectivity index (χ2v) is 4.47. The summed E-state index contributed by atoms with van der Waals surface area (Å²) in [6.45, 7) is 0. The van der Waals surface area contributed by atoms with Crippen molar-refractivity contribution in [3.63, 3.8) is 0 Å². The van der Waals surface area contributed by atoms with E-state index in [0.29, 0.717) is 0 Å². The molecule has 0 saturated carbocycles. The van der Waals surface area contributed by atoms with Crippen LogP contribution in [-0.2, 0) is 0 Å². The van der Waals surface area contributed by atoms with E-state index in [1.807, 2.05) is 54.7 Å². The van der Waals surface area contributed by atoms with Gasteiger partial charge in [-0.1, -0.05) is 12.1 Å². The Balaban J connectivity index is 2.18. The number of hydrogen-bond donors (Lipinski definition) is 0. The van der Waals surface area contributed by atoms with Gasteiger partial charge >= 0.3 is 0 Å². The molecule has 3 aromatic rings. The van der Waals surface area contributed by atoms with Crippen molar-refractivity contribution in [2.45, 2.75) is 0 Å². The number of fused-ring (bicyclic) bond motifs is 1. The summed E-state index contributed by atoms with van der Waals surface area (Å²) in [5.41, 5.74) is 3.22. The molecule has 0 N–H and O–H groups in total. The molecule has 100 valence electrons. The summed E-state index contributed by atoms with van der Waals surface area (Å²) in [6.07, 6.45) is 1.83. The number of benzene rings is 2. The average molecular weight is 265 g/mol. The molecule has 0 aliphatic rings. The molecular weight excluding hydrogens is 250 g/mol. The smallest absolute Gasteiger partial charge is 0.119 e. The van der Waals surface area contributed by atoms with Crippen molar-refractivity contribution in [1.82, 2.24) is 4.98 Å². The van der Waals surface area contributed by atoms with Gasteiger partial charge in [0.05, 0.1) is 19.7 Å². The third-order valence-corrected chi connectivity index (χ3v) is 3.35. The molecular formula is C17H15NO2. The van der Waals surface area contributed by atoms with Crippen LogP contribution in [0.3, 0.4) is 0 Å². The molecule has 0 aliphatic heterocycles.